The van der Waals surface area contributed by atoms with Gasteiger partial charge in [-0.3, -0.25) is 0 Å². The lowest BCUT2D eigenvalue weighted by Crippen LogP contribution is -2.38. The normalized spacial score (nSPS) is 18.6. The van der Waals surface area contributed by atoms with Gasteiger partial charge < -0.3 is 30.2 Å². The van der Waals surface area contributed by atoms with Crippen LogP contribution in [0.2, 0.25) is 0 Å². The van der Waals surface area contributed by atoms with Gasteiger partial charge in [-0.15, -0.1) is 0 Å². The molecule has 180 valence electrons. The average molecular weight is 450 g/mol. The summed E-state index contributed by atoms with van der Waals surface area (Å²) in [7, 11) is 0. The monoisotopic (exact) mass is 449 g/mol. The van der Waals surface area contributed by atoms with E-state index in [1.807, 2.05) is 65.8 Å². The summed E-state index contributed by atoms with van der Waals surface area (Å²) in [5.74, 6) is 1.09. The molecule has 2 atom stereocenters. The summed E-state index contributed by atoms with van der Waals surface area (Å²) in [5.41, 5.74) is 0.00339. The summed E-state index contributed by atoms with van der Waals surface area (Å²) in [5, 5.41) is 9.14. The van der Waals surface area contributed by atoms with E-state index in [1.165, 1.54) is 0 Å². The van der Waals surface area contributed by atoms with Gasteiger partial charge in [0.1, 0.15) is 23.6 Å². The fourth-order valence-electron chi connectivity index (χ4n) is 3.50. The van der Waals surface area contributed by atoms with Gasteiger partial charge in [-0.1, -0.05) is 6.42 Å². The van der Waals surface area contributed by atoms with Crippen molar-refractivity contribution in [2.45, 2.75) is 78.0 Å². The van der Waals surface area contributed by atoms with Crippen LogP contribution in [0.4, 0.5) is 15.3 Å². The van der Waals surface area contributed by atoms with Crippen molar-refractivity contribution in [1.82, 2.24) is 10.6 Å². The van der Waals surface area contributed by atoms with Crippen LogP contribution in [0, 0.1) is 5.92 Å². The SMILES string of the molecule is CC(C)(C)OC(=O)NCCOc1ccc(NC2CCCC2CNC(=O)OC(C)(C)C)cc1. The van der Waals surface area contributed by atoms with E-state index < -0.39 is 17.3 Å². The summed E-state index contributed by atoms with van der Waals surface area (Å²) < 4.78 is 16.2. The Morgan fingerprint density at radius 2 is 1.50 bits per heavy atom. The highest BCUT2D eigenvalue weighted by atomic mass is 16.6. The number of anilines is 1. The number of nitrogens with one attached hydrogen (secondary N) is 3. The van der Waals surface area contributed by atoms with Crippen LogP contribution >= 0.6 is 0 Å². The minimum absolute atomic E-state index is 0.301. The van der Waals surface area contributed by atoms with Crippen LogP contribution in [-0.4, -0.2) is 49.1 Å². The zero-order valence-corrected chi connectivity index (χ0v) is 20.2. The number of ether oxygens (including phenoxy) is 3. The summed E-state index contributed by atoms with van der Waals surface area (Å²) >= 11 is 0. The van der Waals surface area contributed by atoms with E-state index in [1.54, 1.807) is 0 Å². The van der Waals surface area contributed by atoms with Crippen molar-refractivity contribution in [3.8, 4) is 5.75 Å². The molecule has 2 amide bonds. The van der Waals surface area contributed by atoms with E-state index in [4.69, 9.17) is 14.2 Å². The number of hydrogen-bond donors (Lipinski definition) is 3. The Hall–Kier alpha value is -2.64. The standard InChI is InChI=1S/C24H39N3O5/c1-23(2,3)31-21(28)25-14-15-30-19-12-10-18(11-13-19)27-20-9-7-8-17(20)16-26-22(29)32-24(4,5)6/h10-13,17,20,27H,7-9,14-16H2,1-6H3,(H,25,28)(H,26,29). The molecule has 0 bridgehead atoms. The van der Waals surface area contributed by atoms with Gasteiger partial charge in [-0.05, 0) is 84.6 Å². The second-order valence-electron chi connectivity index (χ2n) is 10.1. The van der Waals surface area contributed by atoms with Crippen molar-refractivity contribution >= 4 is 17.9 Å². The summed E-state index contributed by atoms with van der Waals surface area (Å²) in [6.07, 6.45) is 2.44. The second-order valence-corrected chi connectivity index (χ2v) is 10.1. The second kappa shape index (κ2) is 11.3. The van der Waals surface area contributed by atoms with Crippen molar-refractivity contribution in [2.75, 3.05) is 25.0 Å². The highest BCUT2D eigenvalue weighted by Gasteiger charge is 2.28. The molecular formula is C24H39N3O5. The predicted molar refractivity (Wildman–Crippen MR) is 125 cm³/mol. The lowest BCUT2D eigenvalue weighted by molar-refractivity contribution is 0.0508. The quantitative estimate of drug-likeness (QED) is 0.498. The number of alkyl carbamates (subject to hydrolysis) is 2. The molecule has 1 aromatic carbocycles. The van der Waals surface area contributed by atoms with Gasteiger partial charge in [-0.25, -0.2) is 9.59 Å². The molecular weight excluding hydrogens is 410 g/mol. The Labute approximate surface area is 191 Å². The fraction of sp³-hybridized carbons (Fsp3) is 0.667. The molecule has 0 aromatic heterocycles. The van der Waals surface area contributed by atoms with E-state index in [2.05, 4.69) is 16.0 Å². The molecule has 8 nitrogen and oxygen atoms in total. The van der Waals surface area contributed by atoms with Crippen molar-refractivity contribution in [2.24, 2.45) is 5.92 Å². The Balaban J connectivity index is 1.72. The number of amides is 2. The van der Waals surface area contributed by atoms with E-state index in [0.29, 0.717) is 31.7 Å². The molecule has 2 rings (SSSR count). The van der Waals surface area contributed by atoms with Crippen LogP contribution < -0.4 is 20.7 Å². The molecule has 0 aliphatic heterocycles. The number of benzene rings is 1. The van der Waals surface area contributed by atoms with Crippen LogP contribution in [0.5, 0.6) is 5.75 Å². The van der Waals surface area contributed by atoms with Gasteiger partial charge in [-0.2, -0.15) is 0 Å². The van der Waals surface area contributed by atoms with Crippen molar-refractivity contribution in [3.05, 3.63) is 24.3 Å². The van der Waals surface area contributed by atoms with Crippen molar-refractivity contribution in [1.29, 1.82) is 0 Å². The van der Waals surface area contributed by atoms with E-state index in [-0.39, 0.29) is 6.09 Å². The lowest BCUT2D eigenvalue weighted by atomic mass is 10.0. The minimum Gasteiger partial charge on any atom is -0.492 e. The van der Waals surface area contributed by atoms with Crippen LogP contribution in [-0.2, 0) is 9.47 Å². The smallest absolute Gasteiger partial charge is 0.407 e. The van der Waals surface area contributed by atoms with Gasteiger partial charge in [0.2, 0.25) is 0 Å². The molecule has 1 saturated carbocycles. The Morgan fingerprint density at radius 3 is 2.09 bits per heavy atom. The molecule has 2 unspecified atom stereocenters. The average Bonchev–Trinajstić information content (AvgIpc) is 3.09. The molecule has 8 heteroatoms. The maximum Gasteiger partial charge on any atom is 0.407 e. The van der Waals surface area contributed by atoms with Crippen molar-refractivity contribution in [3.63, 3.8) is 0 Å². The maximum absolute atomic E-state index is 11.9. The van der Waals surface area contributed by atoms with Gasteiger partial charge in [0.05, 0.1) is 6.54 Å². The predicted octanol–water partition coefficient (Wildman–Crippen LogP) is 4.70. The lowest BCUT2D eigenvalue weighted by Gasteiger charge is -2.24. The Bertz CT molecular complexity index is 737. The topological polar surface area (TPSA) is 97.9 Å². The first-order valence-electron chi connectivity index (χ1n) is 11.3. The largest absolute Gasteiger partial charge is 0.492 e. The van der Waals surface area contributed by atoms with E-state index in [0.717, 1.165) is 30.7 Å². The Kier molecular flexibility index (Phi) is 9.04. The van der Waals surface area contributed by atoms with Crippen molar-refractivity contribution < 1.29 is 23.8 Å². The molecule has 0 saturated heterocycles. The number of carbonyl (C=O) groups excluding carboxylic acids is 2. The summed E-state index contributed by atoms with van der Waals surface area (Å²) in [6.45, 7) is 12.4. The third kappa shape index (κ3) is 10.1. The molecule has 3 N–H and O–H groups in total. The Morgan fingerprint density at radius 1 is 0.906 bits per heavy atom. The molecule has 1 aliphatic rings. The first kappa shape index (κ1) is 25.6. The number of carbonyl (C=O) groups is 2. The first-order valence-corrected chi connectivity index (χ1v) is 11.3. The van der Waals surface area contributed by atoms with E-state index >= 15 is 0 Å². The zero-order valence-electron chi connectivity index (χ0n) is 20.2. The van der Waals surface area contributed by atoms with E-state index in [9.17, 15) is 9.59 Å². The first-order chi connectivity index (χ1) is 14.9. The molecule has 32 heavy (non-hydrogen) atoms. The zero-order chi connectivity index (χ0) is 23.8. The van der Waals surface area contributed by atoms with Gasteiger partial charge in [0.25, 0.3) is 0 Å². The fourth-order valence-corrected chi connectivity index (χ4v) is 3.50. The minimum atomic E-state index is -0.516. The van der Waals surface area contributed by atoms with Crippen LogP contribution in [0.15, 0.2) is 24.3 Å². The third-order valence-electron chi connectivity index (χ3n) is 4.81. The maximum atomic E-state index is 11.9. The van der Waals surface area contributed by atoms with Crippen LogP contribution in [0.25, 0.3) is 0 Å². The molecule has 1 aliphatic carbocycles. The highest BCUT2D eigenvalue weighted by molar-refractivity contribution is 5.68. The van der Waals surface area contributed by atoms with Crippen LogP contribution in [0.1, 0.15) is 60.8 Å². The summed E-state index contributed by atoms with van der Waals surface area (Å²) in [4.78, 5) is 23.6. The molecule has 0 heterocycles. The highest BCUT2D eigenvalue weighted by Crippen LogP contribution is 2.29. The van der Waals surface area contributed by atoms with Gasteiger partial charge in [0, 0.05) is 18.3 Å². The summed E-state index contributed by atoms with van der Waals surface area (Å²) in [6, 6.07) is 8.06. The third-order valence-corrected chi connectivity index (χ3v) is 4.81. The number of rotatable bonds is 8. The molecule has 0 radical (unpaired) electrons. The molecule has 0 spiro atoms. The number of hydrogen-bond acceptors (Lipinski definition) is 6. The van der Waals surface area contributed by atoms with Crippen LogP contribution in [0.3, 0.4) is 0 Å². The van der Waals surface area contributed by atoms with Gasteiger partial charge >= 0.3 is 12.2 Å². The van der Waals surface area contributed by atoms with Gasteiger partial charge in [0.15, 0.2) is 0 Å². The molecule has 1 aromatic rings. The molecule has 1 fully saturated rings.